The summed E-state index contributed by atoms with van der Waals surface area (Å²) in [5.74, 6) is 1.00. The Morgan fingerprint density at radius 3 is 2.41 bits per heavy atom. The second-order valence-corrected chi connectivity index (χ2v) is 5.74. The van der Waals surface area contributed by atoms with Crippen molar-refractivity contribution in [1.29, 1.82) is 0 Å². The van der Waals surface area contributed by atoms with Crippen LogP contribution in [0.2, 0.25) is 0 Å². The molecule has 0 spiro atoms. The van der Waals surface area contributed by atoms with Crippen molar-refractivity contribution < 1.29 is 9.90 Å². The molecule has 2 aliphatic rings. The van der Waals surface area contributed by atoms with E-state index >= 15 is 0 Å². The van der Waals surface area contributed by atoms with Gasteiger partial charge in [-0.15, -0.1) is 0 Å². The van der Waals surface area contributed by atoms with Gasteiger partial charge in [-0.2, -0.15) is 0 Å². The van der Waals surface area contributed by atoms with Gasteiger partial charge in [-0.05, 0) is 25.2 Å². The number of amides is 1. The van der Waals surface area contributed by atoms with E-state index in [1.165, 1.54) is 25.7 Å². The number of aliphatic hydroxyl groups is 1. The van der Waals surface area contributed by atoms with E-state index in [-0.39, 0.29) is 18.6 Å². The fourth-order valence-electron chi connectivity index (χ4n) is 3.32. The van der Waals surface area contributed by atoms with Gasteiger partial charge in [-0.1, -0.05) is 32.6 Å². The van der Waals surface area contributed by atoms with Crippen LogP contribution in [0.4, 0.5) is 0 Å². The van der Waals surface area contributed by atoms with Crippen molar-refractivity contribution in [2.24, 2.45) is 11.8 Å². The van der Waals surface area contributed by atoms with E-state index in [4.69, 9.17) is 0 Å². The van der Waals surface area contributed by atoms with Gasteiger partial charge in [0.05, 0.1) is 12.6 Å². The van der Waals surface area contributed by atoms with Crippen LogP contribution in [0.25, 0.3) is 0 Å². The summed E-state index contributed by atoms with van der Waals surface area (Å²) in [4.78, 5) is 14.4. The molecule has 1 amide bonds. The Balaban J connectivity index is 1.98. The lowest BCUT2D eigenvalue weighted by atomic mass is 9.97. The Morgan fingerprint density at radius 2 is 1.82 bits per heavy atom. The maximum atomic E-state index is 12.5. The minimum atomic E-state index is 0.0748. The van der Waals surface area contributed by atoms with Crippen LogP contribution in [0.1, 0.15) is 51.9 Å². The highest BCUT2D eigenvalue weighted by Gasteiger charge is 2.36. The Morgan fingerprint density at radius 1 is 1.18 bits per heavy atom. The Labute approximate surface area is 104 Å². The molecule has 2 fully saturated rings. The van der Waals surface area contributed by atoms with Crippen LogP contribution in [0.5, 0.6) is 0 Å². The largest absolute Gasteiger partial charge is 0.394 e. The summed E-state index contributed by atoms with van der Waals surface area (Å²) < 4.78 is 0. The van der Waals surface area contributed by atoms with Crippen LogP contribution in [0.3, 0.4) is 0 Å². The summed E-state index contributed by atoms with van der Waals surface area (Å²) in [6.45, 7) is 3.11. The molecule has 98 valence electrons. The normalized spacial score (nSPS) is 31.5. The van der Waals surface area contributed by atoms with Crippen LogP contribution < -0.4 is 0 Å². The topological polar surface area (TPSA) is 40.5 Å². The van der Waals surface area contributed by atoms with Gasteiger partial charge in [0.25, 0.3) is 0 Å². The molecule has 1 aliphatic carbocycles. The van der Waals surface area contributed by atoms with E-state index in [2.05, 4.69) is 6.92 Å². The molecule has 1 heterocycles. The highest BCUT2D eigenvalue weighted by molar-refractivity contribution is 5.79. The lowest BCUT2D eigenvalue weighted by Gasteiger charge is -2.28. The standard InChI is InChI=1S/C14H25NO2/c1-11-8-9-15(13(11)10-16)14(17)12-6-4-2-3-5-7-12/h11-13,16H,2-10H2,1H3. The van der Waals surface area contributed by atoms with E-state index in [9.17, 15) is 9.90 Å². The molecule has 2 atom stereocenters. The Hall–Kier alpha value is -0.570. The summed E-state index contributed by atoms with van der Waals surface area (Å²) in [7, 11) is 0. The van der Waals surface area contributed by atoms with Gasteiger partial charge in [0, 0.05) is 12.5 Å². The molecular formula is C14H25NO2. The van der Waals surface area contributed by atoms with E-state index in [1.807, 2.05) is 4.90 Å². The molecular weight excluding hydrogens is 214 g/mol. The predicted octanol–water partition coefficient (Wildman–Crippen LogP) is 2.19. The quantitative estimate of drug-likeness (QED) is 0.750. The second kappa shape index (κ2) is 5.85. The zero-order valence-electron chi connectivity index (χ0n) is 10.9. The summed E-state index contributed by atoms with van der Waals surface area (Å²) in [5.41, 5.74) is 0. The molecule has 0 aromatic rings. The molecule has 0 radical (unpaired) electrons. The maximum absolute atomic E-state index is 12.5. The summed E-state index contributed by atoms with van der Waals surface area (Å²) in [5, 5.41) is 9.42. The van der Waals surface area contributed by atoms with Crippen molar-refractivity contribution in [2.75, 3.05) is 13.2 Å². The van der Waals surface area contributed by atoms with Gasteiger partial charge in [-0.25, -0.2) is 0 Å². The molecule has 1 N–H and O–H groups in total. The van der Waals surface area contributed by atoms with Crippen LogP contribution in [0.15, 0.2) is 0 Å². The van der Waals surface area contributed by atoms with E-state index in [1.54, 1.807) is 0 Å². The summed E-state index contributed by atoms with van der Waals surface area (Å²) in [6.07, 6.45) is 8.12. The summed E-state index contributed by atoms with van der Waals surface area (Å²) in [6, 6.07) is 0.0748. The molecule has 3 heteroatoms. The molecule has 1 saturated heterocycles. The van der Waals surface area contributed by atoms with Crippen molar-refractivity contribution >= 4 is 5.91 Å². The first kappa shape index (κ1) is 12.9. The lowest BCUT2D eigenvalue weighted by Crippen LogP contribution is -2.43. The molecule has 0 aromatic carbocycles. The first-order chi connectivity index (χ1) is 8.24. The van der Waals surface area contributed by atoms with E-state index < -0.39 is 0 Å². The fourth-order valence-corrected chi connectivity index (χ4v) is 3.32. The highest BCUT2D eigenvalue weighted by atomic mass is 16.3. The van der Waals surface area contributed by atoms with Gasteiger partial charge in [-0.3, -0.25) is 4.79 Å². The third-order valence-electron chi connectivity index (χ3n) is 4.56. The summed E-state index contributed by atoms with van der Waals surface area (Å²) >= 11 is 0. The van der Waals surface area contributed by atoms with Crippen molar-refractivity contribution in [3.05, 3.63) is 0 Å². The number of likely N-dealkylation sites (tertiary alicyclic amines) is 1. The van der Waals surface area contributed by atoms with Gasteiger partial charge in [0.2, 0.25) is 5.91 Å². The highest BCUT2D eigenvalue weighted by Crippen LogP contribution is 2.30. The Kier molecular flexibility index (Phi) is 4.43. The van der Waals surface area contributed by atoms with Crippen LogP contribution >= 0.6 is 0 Å². The minimum absolute atomic E-state index is 0.0748. The number of carbonyl (C=O) groups is 1. The van der Waals surface area contributed by atoms with Crippen molar-refractivity contribution in [1.82, 2.24) is 4.90 Å². The second-order valence-electron chi connectivity index (χ2n) is 5.74. The molecule has 0 aromatic heterocycles. The molecule has 17 heavy (non-hydrogen) atoms. The number of hydrogen-bond acceptors (Lipinski definition) is 2. The van der Waals surface area contributed by atoms with E-state index in [0.717, 1.165) is 25.8 Å². The minimum Gasteiger partial charge on any atom is -0.394 e. The number of hydrogen-bond donors (Lipinski definition) is 1. The smallest absolute Gasteiger partial charge is 0.226 e. The SMILES string of the molecule is CC1CCN(C(=O)C2CCCCCC2)C1CO. The molecule has 2 rings (SSSR count). The van der Waals surface area contributed by atoms with Crippen molar-refractivity contribution in [2.45, 2.75) is 57.9 Å². The number of nitrogens with zero attached hydrogens (tertiary/aromatic N) is 1. The van der Waals surface area contributed by atoms with Gasteiger partial charge in [0.1, 0.15) is 0 Å². The Bertz CT molecular complexity index is 259. The number of aliphatic hydroxyl groups excluding tert-OH is 1. The molecule has 0 bridgehead atoms. The van der Waals surface area contributed by atoms with Crippen molar-refractivity contribution in [3.8, 4) is 0 Å². The van der Waals surface area contributed by atoms with Crippen molar-refractivity contribution in [3.63, 3.8) is 0 Å². The van der Waals surface area contributed by atoms with E-state index in [0.29, 0.717) is 11.8 Å². The zero-order chi connectivity index (χ0) is 12.3. The van der Waals surface area contributed by atoms with Gasteiger partial charge >= 0.3 is 0 Å². The van der Waals surface area contributed by atoms with Crippen LogP contribution in [-0.4, -0.2) is 35.1 Å². The maximum Gasteiger partial charge on any atom is 0.226 e. The molecule has 1 saturated carbocycles. The third-order valence-corrected chi connectivity index (χ3v) is 4.56. The first-order valence-corrected chi connectivity index (χ1v) is 7.15. The first-order valence-electron chi connectivity index (χ1n) is 7.15. The van der Waals surface area contributed by atoms with Crippen LogP contribution in [0, 0.1) is 11.8 Å². The average molecular weight is 239 g/mol. The predicted molar refractivity (Wildman–Crippen MR) is 67.6 cm³/mol. The fraction of sp³-hybridized carbons (Fsp3) is 0.929. The van der Waals surface area contributed by atoms with Crippen LogP contribution in [-0.2, 0) is 4.79 Å². The van der Waals surface area contributed by atoms with Gasteiger partial charge < -0.3 is 10.0 Å². The average Bonchev–Trinajstić information content (AvgIpc) is 2.56. The third kappa shape index (κ3) is 2.82. The zero-order valence-corrected chi connectivity index (χ0v) is 10.9. The lowest BCUT2D eigenvalue weighted by molar-refractivity contribution is -0.138. The monoisotopic (exact) mass is 239 g/mol. The molecule has 1 aliphatic heterocycles. The molecule has 2 unspecified atom stereocenters. The number of carbonyl (C=O) groups excluding carboxylic acids is 1. The molecule has 3 nitrogen and oxygen atoms in total. The van der Waals surface area contributed by atoms with Gasteiger partial charge in [0.15, 0.2) is 0 Å². The number of rotatable bonds is 2.